The predicted octanol–water partition coefficient (Wildman–Crippen LogP) is 8.33. The van der Waals surface area contributed by atoms with E-state index in [4.69, 9.17) is 0 Å². The first-order valence-corrected chi connectivity index (χ1v) is 16.4. The Hall–Kier alpha value is -0.190. The van der Waals surface area contributed by atoms with Crippen LogP contribution < -0.4 is 0 Å². The molecule has 0 aliphatic heterocycles. The lowest BCUT2D eigenvalue weighted by Crippen LogP contribution is -2.49. The molecule has 0 fully saturated rings. The van der Waals surface area contributed by atoms with Crippen LogP contribution in [0.5, 0.6) is 0 Å². The third-order valence-electron chi connectivity index (χ3n) is 6.86. The van der Waals surface area contributed by atoms with Gasteiger partial charge in [-0.2, -0.15) is 0 Å². The van der Waals surface area contributed by atoms with E-state index in [0.717, 1.165) is 19.3 Å². The second-order valence-corrected chi connectivity index (χ2v) is 13.7. The molecule has 0 radical (unpaired) electrons. The highest BCUT2D eigenvalue weighted by molar-refractivity contribution is 7.53. The van der Waals surface area contributed by atoms with Crippen LogP contribution in [0, 0.1) is 0 Å². The third-order valence-corrected chi connectivity index (χ3v) is 8.31. The van der Waals surface area contributed by atoms with Crippen molar-refractivity contribution in [3.05, 3.63) is 12.2 Å². The molecule has 0 amide bonds. The summed E-state index contributed by atoms with van der Waals surface area (Å²) in [7, 11) is 0.980. The molecule has 0 aromatic carbocycles. The Morgan fingerprint density at radius 1 is 0.629 bits per heavy atom. The standard InChI is InChI=1S/C29H60NO4P/c1-5-6-7-8-9-10-11-12-13-14-15-16-17-18-19-20-21-22-23-24-25-26-27-29(31,35(32,33)34)28-30(2,3)4/h16-17,31H,5-15,18-28H2,1-4H3,(H-,32,33,34)/p+1/b17-16-. The molecule has 210 valence electrons. The van der Waals surface area contributed by atoms with Crippen molar-refractivity contribution in [2.45, 2.75) is 147 Å². The first-order valence-electron chi connectivity index (χ1n) is 14.8. The summed E-state index contributed by atoms with van der Waals surface area (Å²) in [6, 6.07) is 0. The van der Waals surface area contributed by atoms with Gasteiger partial charge in [0.05, 0.1) is 21.1 Å². The van der Waals surface area contributed by atoms with E-state index in [1.165, 1.54) is 103 Å². The van der Waals surface area contributed by atoms with Gasteiger partial charge in [0.15, 0.2) is 0 Å². The van der Waals surface area contributed by atoms with Crippen molar-refractivity contribution in [3.63, 3.8) is 0 Å². The number of allylic oxidation sites excluding steroid dienone is 2. The Balaban J connectivity index is 3.52. The number of hydrogen-bond donors (Lipinski definition) is 3. The molecule has 1 atom stereocenters. The number of nitrogens with zero attached hydrogens (tertiary/aromatic N) is 1. The summed E-state index contributed by atoms with van der Waals surface area (Å²) in [5.74, 6) is 0. The van der Waals surface area contributed by atoms with Crippen molar-refractivity contribution < 1.29 is 23.9 Å². The zero-order valence-corrected chi connectivity index (χ0v) is 24.7. The fraction of sp³-hybridized carbons (Fsp3) is 0.931. The summed E-state index contributed by atoms with van der Waals surface area (Å²) in [5, 5.41) is 8.65. The molecule has 3 N–H and O–H groups in total. The molecule has 35 heavy (non-hydrogen) atoms. The summed E-state index contributed by atoms with van der Waals surface area (Å²) in [4.78, 5) is 19.2. The number of aliphatic hydroxyl groups is 1. The lowest BCUT2D eigenvalue weighted by Gasteiger charge is -2.35. The van der Waals surface area contributed by atoms with Crippen LogP contribution in [0.4, 0.5) is 0 Å². The molecular formula is C29H61NO4P+. The maximum Gasteiger partial charge on any atom is 0.362 e. The van der Waals surface area contributed by atoms with E-state index in [1.54, 1.807) is 0 Å². The van der Waals surface area contributed by atoms with Crippen LogP contribution >= 0.6 is 7.60 Å². The van der Waals surface area contributed by atoms with Gasteiger partial charge in [-0.3, -0.25) is 4.57 Å². The maximum absolute atomic E-state index is 11.8. The summed E-state index contributed by atoms with van der Waals surface area (Å²) >= 11 is 0. The first kappa shape index (κ1) is 34.8. The maximum atomic E-state index is 11.8. The minimum absolute atomic E-state index is 0.0605. The highest BCUT2D eigenvalue weighted by atomic mass is 31.2. The fourth-order valence-electron chi connectivity index (χ4n) is 4.79. The third kappa shape index (κ3) is 21.6. The molecule has 0 saturated heterocycles. The summed E-state index contributed by atoms with van der Waals surface area (Å²) in [6.45, 7) is 2.34. The summed E-state index contributed by atoms with van der Waals surface area (Å²) < 4.78 is 12.1. The number of unbranched alkanes of at least 4 members (excludes halogenated alkanes) is 18. The van der Waals surface area contributed by atoms with Crippen molar-refractivity contribution in [2.24, 2.45) is 0 Å². The highest BCUT2D eigenvalue weighted by Crippen LogP contribution is 2.52. The van der Waals surface area contributed by atoms with E-state index in [-0.39, 0.29) is 13.0 Å². The lowest BCUT2D eigenvalue weighted by molar-refractivity contribution is -0.875. The summed E-state index contributed by atoms with van der Waals surface area (Å²) in [5.41, 5.74) is 0. The zero-order valence-electron chi connectivity index (χ0n) is 23.9. The monoisotopic (exact) mass is 518 g/mol. The normalized spacial score (nSPS) is 14.6. The molecule has 0 rings (SSSR count). The average Bonchev–Trinajstić information content (AvgIpc) is 2.75. The van der Waals surface area contributed by atoms with Crippen LogP contribution in [-0.2, 0) is 4.57 Å². The minimum atomic E-state index is -4.55. The molecule has 0 aliphatic carbocycles. The Morgan fingerprint density at radius 2 is 0.971 bits per heavy atom. The molecule has 0 aromatic heterocycles. The molecule has 0 aromatic rings. The molecule has 5 nitrogen and oxygen atoms in total. The van der Waals surface area contributed by atoms with Gasteiger partial charge in [0.2, 0.25) is 5.34 Å². The number of quaternary nitrogens is 1. The molecule has 0 heterocycles. The molecule has 1 unspecified atom stereocenters. The Bertz CT molecular complexity index is 555. The average molecular weight is 519 g/mol. The molecule has 0 aliphatic rings. The van der Waals surface area contributed by atoms with Crippen molar-refractivity contribution in [1.29, 1.82) is 0 Å². The molecule has 0 spiro atoms. The lowest BCUT2D eigenvalue weighted by atomic mass is 10.0. The minimum Gasteiger partial charge on any atom is -0.373 e. The molecule has 0 saturated carbocycles. The second kappa shape index (κ2) is 20.8. The van der Waals surface area contributed by atoms with Crippen molar-refractivity contribution in [2.75, 3.05) is 27.7 Å². The van der Waals surface area contributed by atoms with E-state index < -0.39 is 12.9 Å². The quantitative estimate of drug-likeness (QED) is 0.0491. The molecule has 0 bridgehead atoms. The van der Waals surface area contributed by atoms with Gasteiger partial charge in [0.25, 0.3) is 0 Å². The highest BCUT2D eigenvalue weighted by Gasteiger charge is 2.48. The van der Waals surface area contributed by atoms with Crippen molar-refractivity contribution in [3.8, 4) is 0 Å². The smallest absolute Gasteiger partial charge is 0.362 e. The predicted molar refractivity (Wildman–Crippen MR) is 152 cm³/mol. The van der Waals surface area contributed by atoms with E-state index in [1.807, 2.05) is 21.1 Å². The number of hydrogen-bond acceptors (Lipinski definition) is 2. The van der Waals surface area contributed by atoms with Gasteiger partial charge in [-0.05, 0) is 38.5 Å². The van der Waals surface area contributed by atoms with E-state index >= 15 is 0 Å². The van der Waals surface area contributed by atoms with Crippen LogP contribution in [0.2, 0.25) is 0 Å². The van der Waals surface area contributed by atoms with Gasteiger partial charge in [-0.15, -0.1) is 0 Å². The molecular weight excluding hydrogens is 457 g/mol. The number of likely N-dealkylation sites (N-methyl/N-ethyl adjacent to an activating group) is 1. The fourth-order valence-corrected chi connectivity index (χ4v) is 5.85. The number of rotatable bonds is 25. The largest absolute Gasteiger partial charge is 0.373 e. The van der Waals surface area contributed by atoms with E-state index in [9.17, 15) is 19.5 Å². The van der Waals surface area contributed by atoms with Gasteiger partial charge < -0.3 is 19.4 Å². The van der Waals surface area contributed by atoms with Gasteiger partial charge >= 0.3 is 7.60 Å². The van der Waals surface area contributed by atoms with Crippen LogP contribution in [0.25, 0.3) is 0 Å². The van der Waals surface area contributed by atoms with Crippen LogP contribution in [0.15, 0.2) is 12.2 Å². The first-order chi connectivity index (χ1) is 16.5. The van der Waals surface area contributed by atoms with E-state index in [0.29, 0.717) is 10.9 Å². The second-order valence-electron chi connectivity index (χ2n) is 11.8. The Labute approximate surface area is 218 Å². The summed E-state index contributed by atoms with van der Waals surface area (Å²) in [6.07, 6.45) is 30.2. The van der Waals surface area contributed by atoms with Gasteiger partial charge in [-0.25, -0.2) is 0 Å². The van der Waals surface area contributed by atoms with Crippen LogP contribution in [0.3, 0.4) is 0 Å². The Morgan fingerprint density at radius 3 is 1.31 bits per heavy atom. The van der Waals surface area contributed by atoms with Crippen molar-refractivity contribution >= 4 is 7.60 Å². The topological polar surface area (TPSA) is 77.8 Å². The van der Waals surface area contributed by atoms with Gasteiger partial charge in [-0.1, -0.05) is 115 Å². The van der Waals surface area contributed by atoms with Gasteiger partial charge in [0.1, 0.15) is 6.54 Å². The molecule has 6 heteroatoms. The Kier molecular flexibility index (Phi) is 20.7. The van der Waals surface area contributed by atoms with Crippen molar-refractivity contribution in [1.82, 2.24) is 0 Å². The van der Waals surface area contributed by atoms with Gasteiger partial charge in [0, 0.05) is 0 Å². The van der Waals surface area contributed by atoms with E-state index in [2.05, 4.69) is 19.1 Å². The van der Waals surface area contributed by atoms with Crippen LogP contribution in [-0.4, -0.2) is 52.4 Å². The SMILES string of the molecule is CCCCCCCCCCCC/C=C\CCCCCCCCCCC(O)(C[N+](C)(C)C)P(=O)(O)O. The zero-order chi connectivity index (χ0) is 26.5. The van der Waals surface area contributed by atoms with Crippen LogP contribution in [0.1, 0.15) is 142 Å².